The summed E-state index contributed by atoms with van der Waals surface area (Å²) < 4.78 is 34.2. The van der Waals surface area contributed by atoms with Crippen LogP contribution < -0.4 is 4.31 Å². The second kappa shape index (κ2) is 9.15. The first-order valence-corrected chi connectivity index (χ1v) is 13.3. The van der Waals surface area contributed by atoms with Crippen molar-refractivity contribution in [2.24, 2.45) is 0 Å². The molecule has 0 saturated carbocycles. The number of fused-ring (bicyclic) bond motifs is 1. The summed E-state index contributed by atoms with van der Waals surface area (Å²) >= 11 is 0. The molecule has 1 aliphatic heterocycles. The zero-order valence-corrected chi connectivity index (χ0v) is 22.1. The molecular formula is C29H33NO4S. The van der Waals surface area contributed by atoms with Crippen molar-refractivity contribution in [2.45, 2.75) is 70.9 Å². The van der Waals surface area contributed by atoms with Gasteiger partial charge in [0.25, 0.3) is 10.0 Å². The molecule has 0 bridgehead atoms. The van der Waals surface area contributed by atoms with Crippen LogP contribution in [0.2, 0.25) is 0 Å². The molecule has 1 heterocycles. The molecule has 0 spiro atoms. The van der Waals surface area contributed by atoms with Gasteiger partial charge in [-0.05, 0) is 84.7 Å². The molecule has 3 aromatic carbocycles. The van der Waals surface area contributed by atoms with Gasteiger partial charge < -0.3 is 4.74 Å². The Morgan fingerprint density at radius 1 is 1.00 bits per heavy atom. The Balaban J connectivity index is 1.56. The van der Waals surface area contributed by atoms with E-state index in [-0.39, 0.29) is 28.5 Å². The molecule has 184 valence electrons. The topological polar surface area (TPSA) is 63.7 Å². The number of carbonyl (C=O) groups excluding carboxylic acids is 1. The van der Waals surface area contributed by atoms with Gasteiger partial charge in [0, 0.05) is 6.04 Å². The maximum absolute atomic E-state index is 13.5. The molecule has 0 fully saturated rings. The van der Waals surface area contributed by atoms with E-state index in [1.54, 1.807) is 12.1 Å². The first kappa shape index (κ1) is 25.0. The Bertz CT molecular complexity index is 1360. The van der Waals surface area contributed by atoms with Gasteiger partial charge in [0.1, 0.15) is 6.61 Å². The average Bonchev–Trinajstić information content (AvgIpc) is 3.14. The van der Waals surface area contributed by atoms with Gasteiger partial charge in [-0.3, -0.25) is 4.31 Å². The number of sulfonamides is 1. The molecule has 4 rings (SSSR count). The second-order valence-corrected chi connectivity index (χ2v) is 12.2. The highest BCUT2D eigenvalue weighted by Crippen LogP contribution is 2.36. The fourth-order valence-electron chi connectivity index (χ4n) is 4.68. The SMILES string of the molecule is Cc1cc(C(C)(C)C)cc(C)c1COC(=O)c1cccc(S(=O)(=O)N2c3ccccc3CC2C)c1. The van der Waals surface area contributed by atoms with Crippen LogP contribution in [-0.4, -0.2) is 20.4 Å². The Kier molecular flexibility index (Phi) is 6.54. The van der Waals surface area contributed by atoms with Gasteiger partial charge in [0.2, 0.25) is 0 Å². The molecule has 5 nitrogen and oxygen atoms in total. The Labute approximate surface area is 208 Å². The summed E-state index contributed by atoms with van der Waals surface area (Å²) in [6.07, 6.45) is 0.657. The second-order valence-electron chi connectivity index (χ2n) is 10.4. The average molecular weight is 492 g/mol. The molecule has 35 heavy (non-hydrogen) atoms. The van der Waals surface area contributed by atoms with E-state index >= 15 is 0 Å². The van der Waals surface area contributed by atoms with Crippen molar-refractivity contribution in [3.05, 3.63) is 94.0 Å². The molecule has 0 aromatic heterocycles. The predicted octanol–water partition coefficient (Wildman–Crippen LogP) is 6.10. The minimum absolute atomic E-state index is 0.0318. The maximum Gasteiger partial charge on any atom is 0.338 e. The van der Waals surface area contributed by atoms with E-state index in [1.807, 2.05) is 45.0 Å². The minimum atomic E-state index is -3.83. The number of hydrogen-bond acceptors (Lipinski definition) is 4. The normalized spacial score (nSPS) is 15.7. The van der Waals surface area contributed by atoms with E-state index < -0.39 is 16.0 Å². The number of nitrogens with zero attached hydrogens (tertiary/aromatic N) is 1. The van der Waals surface area contributed by atoms with E-state index in [9.17, 15) is 13.2 Å². The highest BCUT2D eigenvalue weighted by atomic mass is 32.2. The minimum Gasteiger partial charge on any atom is -0.457 e. The maximum atomic E-state index is 13.5. The van der Waals surface area contributed by atoms with Crippen LogP contribution in [0.3, 0.4) is 0 Å². The van der Waals surface area contributed by atoms with Crippen LogP contribution in [-0.2, 0) is 33.2 Å². The van der Waals surface area contributed by atoms with Crippen LogP contribution in [0.5, 0.6) is 0 Å². The number of ether oxygens (including phenoxy) is 1. The van der Waals surface area contributed by atoms with Gasteiger partial charge in [-0.1, -0.05) is 57.2 Å². The zero-order valence-electron chi connectivity index (χ0n) is 21.3. The van der Waals surface area contributed by atoms with Gasteiger partial charge in [0.05, 0.1) is 16.1 Å². The molecule has 1 atom stereocenters. The lowest BCUT2D eigenvalue weighted by molar-refractivity contribution is 0.0471. The molecule has 3 aromatic rings. The van der Waals surface area contributed by atoms with E-state index in [1.165, 1.54) is 22.0 Å². The molecule has 0 aliphatic carbocycles. The van der Waals surface area contributed by atoms with Gasteiger partial charge >= 0.3 is 5.97 Å². The summed E-state index contributed by atoms with van der Waals surface area (Å²) in [7, 11) is -3.83. The number of rotatable bonds is 5. The van der Waals surface area contributed by atoms with E-state index in [0.29, 0.717) is 12.1 Å². The van der Waals surface area contributed by atoms with Gasteiger partial charge in [0.15, 0.2) is 0 Å². The van der Waals surface area contributed by atoms with Gasteiger partial charge in [-0.15, -0.1) is 0 Å². The summed E-state index contributed by atoms with van der Waals surface area (Å²) in [5.41, 5.74) is 6.29. The monoisotopic (exact) mass is 491 g/mol. The fraction of sp³-hybridized carbons (Fsp3) is 0.345. The molecule has 0 amide bonds. The lowest BCUT2D eigenvalue weighted by Crippen LogP contribution is -2.35. The third-order valence-corrected chi connectivity index (χ3v) is 8.61. The van der Waals surface area contributed by atoms with Crippen molar-refractivity contribution in [3.8, 4) is 0 Å². The quantitative estimate of drug-likeness (QED) is 0.405. The number of hydrogen-bond donors (Lipinski definition) is 0. The number of para-hydroxylation sites is 1. The Morgan fingerprint density at radius 3 is 2.31 bits per heavy atom. The molecule has 0 radical (unpaired) electrons. The molecule has 0 N–H and O–H groups in total. The number of anilines is 1. The fourth-order valence-corrected chi connectivity index (χ4v) is 6.41. The van der Waals surface area contributed by atoms with Crippen molar-refractivity contribution >= 4 is 21.7 Å². The van der Waals surface area contributed by atoms with Crippen molar-refractivity contribution in [2.75, 3.05) is 4.31 Å². The van der Waals surface area contributed by atoms with Crippen molar-refractivity contribution in [3.63, 3.8) is 0 Å². The van der Waals surface area contributed by atoms with Crippen LogP contribution in [0, 0.1) is 13.8 Å². The molecule has 6 heteroatoms. The first-order chi connectivity index (χ1) is 16.4. The number of esters is 1. The lowest BCUT2D eigenvalue weighted by Gasteiger charge is -2.24. The summed E-state index contributed by atoms with van der Waals surface area (Å²) in [5.74, 6) is -0.546. The lowest BCUT2D eigenvalue weighted by atomic mass is 9.84. The smallest absolute Gasteiger partial charge is 0.338 e. The largest absolute Gasteiger partial charge is 0.457 e. The van der Waals surface area contributed by atoms with Crippen LogP contribution in [0.4, 0.5) is 5.69 Å². The summed E-state index contributed by atoms with van der Waals surface area (Å²) in [5, 5.41) is 0. The summed E-state index contributed by atoms with van der Waals surface area (Å²) in [4.78, 5) is 13.0. The highest BCUT2D eigenvalue weighted by Gasteiger charge is 2.36. The Hall–Kier alpha value is -3.12. The van der Waals surface area contributed by atoms with Crippen molar-refractivity contribution in [1.29, 1.82) is 0 Å². The van der Waals surface area contributed by atoms with Gasteiger partial charge in [-0.25, -0.2) is 13.2 Å². The van der Waals surface area contributed by atoms with Crippen LogP contribution in [0.15, 0.2) is 65.6 Å². The predicted molar refractivity (Wildman–Crippen MR) is 139 cm³/mol. The van der Waals surface area contributed by atoms with Crippen LogP contribution >= 0.6 is 0 Å². The molecule has 0 saturated heterocycles. The molecule has 1 unspecified atom stereocenters. The van der Waals surface area contributed by atoms with Crippen molar-refractivity contribution in [1.82, 2.24) is 0 Å². The highest BCUT2D eigenvalue weighted by molar-refractivity contribution is 7.92. The first-order valence-electron chi connectivity index (χ1n) is 11.9. The summed E-state index contributed by atoms with van der Waals surface area (Å²) in [6, 6.07) is 17.7. The third-order valence-electron chi connectivity index (χ3n) is 6.68. The number of carbonyl (C=O) groups is 1. The van der Waals surface area contributed by atoms with E-state index in [4.69, 9.17) is 4.74 Å². The standard InChI is InChI=1S/C29H33NO4S/c1-19-14-24(29(4,5)6)15-20(2)26(19)18-34-28(31)23-11-9-12-25(17-23)35(32,33)30-21(3)16-22-10-7-8-13-27(22)30/h7-15,17,21H,16,18H2,1-6H3. The van der Waals surface area contributed by atoms with Crippen molar-refractivity contribution < 1.29 is 17.9 Å². The molecule has 1 aliphatic rings. The Morgan fingerprint density at radius 2 is 1.66 bits per heavy atom. The van der Waals surface area contributed by atoms with Crippen LogP contribution in [0.1, 0.15) is 65.9 Å². The number of aryl methyl sites for hydroxylation is 2. The number of benzene rings is 3. The van der Waals surface area contributed by atoms with Crippen LogP contribution in [0.25, 0.3) is 0 Å². The zero-order chi connectivity index (χ0) is 25.5. The van der Waals surface area contributed by atoms with E-state index in [2.05, 4.69) is 32.9 Å². The van der Waals surface area contributed by atoms with Gasteiger partial charge in [-0.2, -0.15) is 0 Å². The molecular weight excluding hydrogens is 458 g/mol. The summed E-state index contributed by atoms with van der Waals surface area (Å²) in [6.45, 7) is 12.6. The van der Waals surface area contributed by atoms with E-state index in [0.717, 1.165) is 22.3 Å². The third kappa shape index (κ3) is 4.85.